The summed E-state index contributed by atoms with van der Waals surface area (Å²) in [7, 11) is 2.11. The van der Waals surface area contributed by atoms with Gasteiger partial charge in [0.15, 0.2) is 0 Å². The van der Waals surface area contributed by atoms with E-state index in [2.05, 4.69) is 35.0 Å². The van der Waals surface area contributed by atoms with Crippen molar-refractivity contribution in [2.75, 3.05) is 18.5 Å². The molecule has 1 unspecified atom stereocenters. The van der Waals surface area contributed by atoms with Crippen LogP contribution in [-0.2, 0) is 11.2 Å². The van der Waals surface area contributed by atoms with Crippen molar-refractivity contribution >= 4 is 11.8 Å². The van der Waals surface area contributed by atoms with Crippen LogP contribution in [0.5, 0.6) is 0 Å². The molecule has 29 heavy (non-hydrogen) atoms. The summed E-state index contributed by atoms with van der Waals surface area (Å²) in [5.41, 5.74) is 5.64. The molecule has 0 saturated carbocycles. The zero-order chi connectivity index (χ0) is 20.2. The number of allylic oxidation sites excluding steroid dienone is 3. The van der Waals surface area contributed by atoms with Gasteiger partial charge < -0.3 is 9.64 Å². The second kappa shape index (κ2) is 8.09. The highest BCUT2D eigenvalue weighted by molar-refractivity contribution is 5.64. The van der Waals surface area contributed by atoms with Gasteiger partial charge >= 0.3 is 0 Å². The molecule has 142 valence electrons. The molecule has 0 radical (unpaired) electrons. The molecule has 0 aliphatic carbocycles. The number of nitriles is 1. The monoisotopic (exact) mass is 379 g/mol. The lowest BCUT2D eigenvalue weighted by molar-refractivity contribution is 0.118. The quantitative estimate of drug-likeness (QED) is 0.527. The zero-order valence-electron chi connectivity index (χ0n) is 16.3. The maximum Gasteiger partial charge on any atom is 0.265 e. The van der Waals surface area contributed by atoms with E-state index < -0.39 is 0 Å². The first-order valence-electron chi connectivity index (χ1n) is 9.64. The topological polar surface area (TPSA) is 40.6 Å². The Labute approximate surface area is 171 Å². The number of hydrogen-bond donors (Lipinski definition) is 0. The van der Waals surface area contributed by atoms with Crippen molar-refractivity contribution in [1.82, 2.24) is 0 Å². The van der Waals surface area contributed by atoms with Gasteiger partial charge in [0, 0.05) is 25.7 Å². The molecule has 2 aromatic carbocycles. The maximum absolute atomic E-state index is 9.33. The fraction of sp³-hybridized carbons (Fsp3) is 0.200. The van der Waals surface area contributed by atoms with Crippen LogP contribution in [0.3, 0.4) is 0 Å². The average Bonchev–Trinajstić information content (AvgIpc) is 3.14. The molecule has 4 rings (SSSR count). The minimum absolute atomic E-state index is 0.126. The van der Waals surface area contributed by atoms with E-state index in [4.69, 9.17) is 11.3 Å². The van der Waals surface area contributed by atoms with Crippen LogP contribution < -0.4 is 4.90 Å². The van der Waals surface area contributed by atoms with Gasteiger partial charge in [0.25, 0.3) is 5.70 Å². The van der Waals surface area contributed by atoms with E-state index in [0.717, 1.165) is 29.7 Å². The third kappa shape index (κ3) is 3.93. The molecule has 4 heteroatoms. The third-order valence-corrected chi connectivity index (χ3v) is 5.36. The van der Waals surface area contributed by atoms with Gasteiger partial charge in [-0.25, -0.2) is 10.1 Å². The van der Waals surface area contributed by atoms with Crippen molar-refractivity contribution in [3.63, 3.8) is 0 Å². The van der Waals surface area contributed by atoms with E-state index in [0.29, 0.717) is 12.2 Å². The minimum atomic E-state index is -0.213. The normalized spacial score (nSPS) is 19.8. The van der Waals surface area contributed by atoms with Gasteiger partial charge in [0.2, 0.25) is 0 Å². The van der Waals surface area contributed by atoms with Gasteiger partial charge in [0.1, 0.15) is 11.9 Å². The van der Waals surface area contributed by atoms with Crippen LogP contribution in [0.2, 0.25) is 0 Å². The lowest BCUT2D eigenvalue weighted by Crippen LogP contribution is -2.12. The summed E-state index contributed by atoms with van der Waals surface area (Å²) in [5.74, 6) is 0.661. The van der Waals surface area contributed by atoms with Crippen molar-refractivity contribution in [3.05, 3.63) is 106 Å². The lowest BCUT2D eigenvalue weighted by Gasteiger charge is -2.25. The average molecular weight is 379 g/mol. The number of hydrogen-bond acceptors (Lipinski definition) is 3. The van der Waals surface area contributed by atoms with Crippen molar-refractivity contribution in [2.24, 2.45) is 0 Å². The fourth-order valence-corrected chi connectivity index (χ4v) is 3.81. The molecule has 1 atom stereocenters. The Morgan fingerprint density at radius 1 is 1.24 bits per heavy atom. The second-order valence-electron chi connectivity index (χ2n) is 7.26. The van der Waals surface area contributed by atoms with Crippen LogP contribution in [0.1, 0.15) is 29.2 Å². The van der Waals surface area contributed by atoms with Crippen molar-refractivity contribution in [3.8, 4) is 6.07 Å². The maximum atomic E-state index is 9.33. The first-order valence-corrected chi connectivity index (χ1v) is 9.64. The van der Waals surface area contributed by atoms with Crippen LogP contribution in [0, 0.1) is 17.9 Å². The van der Waals surface area contributed by atoms with E-state index in [1.807, 2.05) is 54.6 Å². The highest BCUT2D eigenvalue weighted by atomic mass is 16.5. The number of ether oxygens (including phenoxy) is 1. The van der Waals surface area contributed by atoms with E-state index in [9.17, 15) is 5.26 Å². The Morgan fingerprint density at radius 2 is 2.07 bits per heavy atom. The van der Waals surface area contributed by atoms with Gasteiger partial charge in [-0.3, -0.25) is 0 Å². The molecule has 0 N–H and O–H groups in total. The van der Waals surface area contributed by atoms with Crippen LogP contribution in [0.15, 0.2) is 77.7 Å². The minimum Gasteiger partial charge on any atom is -0.485 e. The Hall–Kier alpha value is -3.76. The predicted molar refractivity (Wildman–Crippen MR) is 115 cm³/mol. The summed E-state index contributed by atoms with van der Waals surface area (Å²) in [6, 6.07) is 18.4. The van der Waals surface area contributed by atoms with E-state index in [-0.39, 0.29) is 11.8 Å². The first-order chi connectivity index (χ1) is 14.2. The number of benzene rings is 2. The summed E-state index contributed by atoms with van der Waals surface area (Å²) in [5, 5.41) is 9.33. The Morgan fingerprint density at radius 3 is 2.83 bits per heavy atom. The number of rotatable bonds is 3. The second-order valence-corrected chi connectivity index (χ2v) is 7.26. The van der Waals surface area contributed by atoms with E-state index >= 15 is 0 Å². The molecule has 0 saturated heterocycles. The van der Waals surface area contributed by atoms with Crippen LogP contribution in [0.25, 0.3) is 10.9 Å². The van der Waals surface area contributed by atoms with Crippen LogP contribution in [0.4, 0.5) is 5.69 Å². The molecule has 0 amide bonds. The SMILES string of the molecule is [C-]#[N+]/C(C#N)=C1C=C(/C=C/c2ccc3c(c2)CCN3C)OC(c2ccccc2)C\1. The molecule has 2 aromatic rings. The molecule has 2 heterocycles. The Balaban J connectivity index is 1.64. The fourth-order valence-electron chi connectivity index (χ4n) is 3.81. The highest BCUT2D eigenvalue weighted by Gasteiger charge is 2.22. The Kier molecular flexibility index (Phi) is 5.18. The molecule has 2 aliphatic heterocycles. The highest BCUT2D eigenvalue weighted by Crippen LogP contribution is 2.35. The molecular formula is C25H21N3O. The summed E-state index contributed by atoms with van der Waals surface area (Å²) < 4.78 is 6.19. The van der Waals surface area contributed by atoms with Crippen LogP contribution in [-0.4, -0.2) is 13.6 Å². The standard InChI is InChI=1S/C25H21N3O/c1-27-23(17-26)21-15-22(29-25(16-21)19-6-4-3-5-7-19)10-8-18-9-11-24-20(14-18)12-13-28(24)2/h3-11,14-15,25H,12-13,16H2,2H3/b10-8+,23-21+. The summed E-state index contributed by atoms with van der Waals surface area (Å²) >= 11 is 0. The molecule has 0 bridgehead atoms. The van der Waals surface area contributed by atoms with Crippen LogP contribution >= 0.6 is 0 Å². The summed E-state index contributed by atoms with van der Waals surface area (Å²) in [6.07, 6.45) is 7.13. The smallest absolute Gasteiger partial charge is 0.265 e. The molecule has 0 aromatic heterocycles. The van der Waals surface area contributed by atoms with Crippen molar-refractivity contribution < 1.29 is 4.74 Å². The van der Waals surface area contributed by atoms with E-state index in [1.165, 1.54) is 11.3 Å². The van der Waals surface area contributed by atoms with Crippen molar-refractivity contribution in [2.45, 2.75) is 18.9 Å². The summed E-state index contributed by atoms with van der Waals surface area (Å²) in [4.78, 5) is 5.67. The molecule has 4 nitrogen and oxygen atoms in total. The number of nitrogens with zero attached hydrogens (tertiary/aromatic N) is 3. The summed E-state index contributed by atoms with van der Waals surface area (Å²) in [6.45, 7) is 8.36. The van der Waals surface area contributed by atoms with Gasteiger partial charge in [-0.2, -0.15) is 0 Å². The number of likely N-dealkylation sites (N-methyl/N-ethyl adjacent to an activating group) is 1. The molecular weight excluding hydrogens is 358 g/mol. The molecule has 0 fully saturated rings. The predicted octanol–water partition coefficient (Wildman–Crippen LogP) is 5.43. The van der Waals surface area contributed by atoms with Gasteiger partial charge in [0.05, 0.1) is 12.6 Å². The van der Waals surface area contributed by atoms with Gasteiger partial charge in [-0.1, -0.05) is 42.5 Å². The van der Waals surface area contributed by atoms with Gasteiger partial charge in [-0.05, 0) is 53.0 Å². The molecule has 0 spiro atoms. The first kappa shape index (κ1) is 18.6. The lowest BCUT2D eigenvalue weighted by atomic mass is 9.97. The largest absolute Gasteiger partial charge is 0.485 e. The van der Waals surface area contributed by atoms with Crippen molar-refractivity contribution in [1.29, 1.82) is 5.26 Å². The number of fused-ring (bicyclic) bond motifs is 1. The molecule has 2 aliphatic rings. The van der Waals surface area contributed by atoms with E-state index in [1.54, 1.807) is 0 Å². The number of anilines is 1. The Bertz CT molecular complexity index is 1080. The zero-order valence-corrected chi connectivity index (χ0v) is 16.3. The third-order valence-electron chi connectivity index (χ3n) is 5.36. The van der Waals surface area contributed by atoms with Gasteiger partial charge in [-0.15, -0.1) is 0 Å².